The minimum absolute atomic E-state index is 0.121. The predicted molar refractivity (Wildman–Crippen MR) is 101 cm³/mol. The van der Waals surface area contributed by atoms with E-state index in [1.165, 1.54) is 17.3 Å². The second kappa shape index (κ2) is 7.28. The molecule has 0 saturated heterocycles. The highest BCUT2D eigenvalue weighted by molar-refractivity contribution is 7.99. The molecule has 2 aromatic heterocycles. The van der Waals surface area contributed by atoms with E-state index in [4.69, 9.17) is 0 Å². The molecule has 0 atom stereocenters. The summed E-state index contributed by atoms with van der Waals surface area (Å²) in [6, 6.07) is 6.07. The van der Waals surface area contributed by atoms with Gasteiger partial charge in [-0.2, -0.15) is 9.78 Å². The highest BCUT2D eigenvalue weighted by atomic mass is 32.2. The van der Waals surface area contributed by atoms with Gasteiger partial charge in [-0.3, -0.25) is 9.48 Å². The van der Waals surface area contributed by atoms with E-state index in [1.807, 2.05) is 46.9 Å². The Balaban J connectivity index is 1.71. The number of nitrogens with zero attached hydrogens (tertiary/aromatic N) is 6. The van der Waals surface area contributed by atoms with Crippen molar-refractivity contribution in [2.45, 2.75) is 32.9 Å². The minimum Gasteiger partial charge on any atom is -0.322 e. The van der Waals surface area contributed by atoms with Gasteiger partial charge in [-0.25, -0.2) is 0 Å². The molecule has 136 valence electrons. The topological polar surface area (TPSA) is 90.5 Å². The summed E-state index contributed by atoms with van der Waals surface area (Å²) >= 11 is 1.29. The Morgan fingerprint density at radius 3 is 2.65 bits per heavy atom. The molecular weight excluding hydrogens is 350 g/mol. The maximum atomic E-state index is 12.3. The molecule has 0 fully saturated rings. The van der Waals surface area contributed by atoms with Crippen molar-refractivity contribution in [2.24, 2.45) is 7.05 Å². The molecule has 9 heteroatoms. The summed E-state index contributed by atoms with van der Waals surface area (Å²) in [5.41, 5.74) is 5.62. The fraction of sp³-hybridized carbons (Fsp3) is 0.353. The molecule has 0 aliphatic heterocycles. The molecule has 1 amide bonds. The van der Waals surface area contributed by atoms with Crippen molar-refractivity contribution in [3.05, 3.63) is 40.7 Å². The Labute approximate surface area is 156 Å². The Morgan fingerprint density at radius 2 is 2.00 bits per heavy atom. The third kappa shape index (κ3) is 3.62. The zero-order valence-corrected chi connectivity index (χ0v) is 16.3. The van der Waals surface area contributed by atoms with Crippen LogP contribution in [-0.2, 0) is 11.8 Å². The normalized spacial score (nSPS) is 11.0. The first kappa shape index (κ1) is 18.1. The zero-order valence-electron chi connectivity index (χ0n) is 15.4. The number of amides is 1. The third-order valence-corrected chi connectivity index (χ3v) is 5.05. The van der Waals surface area contributed by atoms with Gasteiger partial charge < -0.3 is 5.32 Å². The van der Waals surface area contributed by atoms with Crippen LogP contribution in [0, 0.1) is 27.7 Å². The molecule has 0 radical (unpaired) electrons. The van der Waals surface area contributed by atoms with Crippen LogP contribution in [-0.4, -0.2) is 41.6 Å². The van der Waals surface area contributed by atoms with Crippen LogP contribution in [0.1, 0.15) is 22.5 Å². The number of nitrogens with one attached hydrogen (secondary N) is 1. The van der Waals surface area contributed by atoms with Crippen molar-refractivity contribution >= 4 is 23.4 Å². The van der Waals surface area contributed by atoms with Crippen molar-refractivity contribution in [3.63, 3.8) is 0 Å². The lowest BCUT2D eigenvalue weighted by Gasteiger charge is -2.08. The molecule has 0 bridgehead atoms. The number of anilines is 1. The van der Waals surface area contributed by atoms with Crippen molar-refractivity contribution in [3.8, 4) is 5.69 Å². The van der Waals surface area contributed by atoms with Crippen LogP contribution in [0.25, 0.3) is 5.69 Å². The monoisotopic (exact) mass is 371 g/mol. The van der Waals surface area contributed by atoms with Crippen LogP contribution in [0.5, 0.6) is 0 Å². The lowest BCUT2D eigenvalue weighted by molar-refractivity contribution is -0.113. The Morgan fingerprint density at radius 1 is 1.23 bits per heavy atom. The average Bonchev–Trinajstić information content (AvgIpc) is 3.13. The van der Waals surface area contributed by atoms with Gasteiger partial charge in [-0.15, -0.1) is 5.10 Å². The van der Waals surface area contributed by atoms with Gasteiger partial charge >= 0.3 is 0 Å². The third-order valence-electron chi connectivity index (χ3n) is 4.13. The van der Waals surface area contributed by atoms with E-state index >= 15 is 0 Å². The Hall–Kier alpha value is -2.68. The second-order valence-corrected chi connectivity index (χ2v) is 7.11. The molecule has 1 aromatic carbocycles. The van der Waals surface area contributed by atoms with Gasteiger partial charge in [0.2, 0.25) is 11.1 Å². The summed E-state index contributed by atoms with van der Waals surface area (Å²) in [5, 5.41) is 19.7. The summed E-state index contributed by atoms with van der Waals surface area (Å²) in [4.78, 5) is 12.3. The number of thioether (sulfide) groups is 1. The number of carbonyl (C=O) groups is 1. The molecular formula is C17H21N7OS. The van der Waals surface area contributed by atoms with E-state index in [1.54, 1.807) is 9.36 Å². The highest BCUT2D eigenvalue weighted by Crippen LogP contribution is 2.23. The summed E-state index contributed by atoms with van der Waals surface area (Å²) in [6.45, 7) is 7.85. The maximum Gasteiger partial charge on any atom is 0.234 e. The van der Waals surface area contributed by atoms with Gasteiger partial charge in [0, 0.05) is 7.05 Å². The summed E-state index contributed by atoms with van der Waals surface area (Å²) in [7, 11) is 1.85. The highest BCUT2D eigenvalue weighted by Gasteiger charge is 2.16. The van der Waals surface area contributed by atoms with Crippen LogP contribution < -0.4 is 5.32 Å². The molecule has 0 unspecified atom stereocenters. The van der Waals surface area contributed by atoms with Gasteiger partial charge in [0.05, 0.1) is 28.5 Å². The number of aryl methyl sites for hydroxylation is 4. The molecule has 3 aromatic rings. The molecule has 0 aliphatic carbocycles. The predicted octanol–water partition coefficient (Wildman–Crippen LogP) is 2.36. The SMILES string of the molecule is Cc1ccc(-n2nnnc2SCC(=O)Nc2c(C)nn(C)c2C)c(C)c1. The lowest BCUT2D eigenvalue weighted by atomic mass is 10.1. The van der Waals surface area contributed by atoms with E-state index in [0.717, 1.165) is 28.3 Å². The maximum absolute atomic E-state index is 12.3. The number of rotatable bonds is 5. The molecule has 0 saturated carbocycles. The Bertz CT molecular complexity index is 960. The largest absolute Gasteiger partial charge is 0.322 e. The van der Waals surface area contributed by atoms with E-state index in [0.29, 0.717) is 5.16 Å². The first-order valence-corrected chi connectivity index (χ1v) is 9.14. The van der Waals surface area contributed by atoms with Crippen LogP contribution in [0.4, 0.5) is 5.69 Å². The molecule has 1 N–H and O–H groups in total. The van der Waals surface area contributed by atoms with Crippen molar-refractivity contribution in [1.29, 1.82) is 0 Å². The summed E-state index contributed by atoms with van der Waals surface area (Å²) < 4.78 is 3.41. The molecule has 0 spiro atoms. The van der Waals surface area contributed by atoms with Gasteiger partial charge in [0.1, 0.15) is 0 Å². The van der Waals surface area contributed by atoms with E-state index < -0.39 is 0 Å². The molecule has 3 rings (SSSR count). The van der Waals surface area contributed by atoms with Gasteiger partial charge in [0.25, 0.3) is 0 Å². The average molecular weight is 371 g/mol. The van der Waals surface area contributed by atoms with Gasteiger partial charge in [-0.1, -0.05) is 29.5 Å². The number of benzene rings is 1. The number of aromatic nitrogens is 6. The lowest BCUT2D eigenvalue weighted by Crippen LogP contribution is -2.16. The van der Waals surface area contributed by atoms with Gasteiger partial charge in [-0.05, 0) is 49.8 Å². The van der Waals surface area contributed by atoms with Crippen LogP contribution in [0.2, 0.25) is 0 Å². The summed E-state index contributed by atoms with van der Waals surface area (Å²) in [6.07, 6.45) is 0. The fourth-order valence-electron chi connectivity index (χ4n) is 2.72. The smallest absolute Gasteiger partial charge is 0.234 e. The van der Waals surface area contributed by atoms with Crippen LogP contribution in [0.15, 0.2) is 23.4 Å². The molecule has 8 nitrogen and oxygen atoms in total. The fourth-order valence-corrected chi connectivity index (χ4v) is 3.41. The number of hydrogen-bond acceptors (Lipinski definition) is 6. The molecule has 2 heterocycles. The number of carbonyl (C=O) groups excluding carboxylic acids is 1. The van der Waals surface area contributed by atoms with Crippen molar-refractivity contribution < 1.29 is 4.79 Å². The van der Waals surface area contributed by atoms with Crippen LogP contribution in [0.3, 0.4) is 0 Å². The summed E-state index contributed by atoms with van der Waals surface area (Å²) in [5.74, 6) is 0.0865. The van der Waals surface area contributed by atoms with E-state index in [9.17, 15) is 4.79 Å². The first-order valence-electron chi connectivity index (χ1n) is 8.15. The first-order chi connectivity index (χ1) is 12.4. The zero-order chi connectivity index (χ0) is 18.8. The minimum atomic E-state index is -0.121. The number of hydrogen-bond donors (Lipinski definition) is 1. The van der Waals surface area contributed by atoms with E-state index in [2.05, 4.69) is 32.0 Å². The molecule has 0 aliphatic rings. The van der Waals surface area contributed by atoms with E-state index in [-0.39, 0.29) is 11.7 Å². The number of tetrazole rings is 1. The van der Waals surface area contributed by atoms with Gasteiger partial charge in [0.15, 0.2) is 0 Å². The Kier molecular flexibility index (Phi) is 5.08. The van der Waals surface area contributed by atoms with Crippen molar-refractivity contribution in [1.82, 2.24) is 30.0 Å². The molecule has 26 heavy (non-hydrogen) atoms. The second-order valence-electron chi connectivity index (χ2n) is 6.17. The van der Waals surface area contributed by atoms with Crippen molar-refractivity contribution in [2.75, 3.05) is 11.1 Å². The quantitative estimate of drug-likeness (QED) is 0.693. The standard InChI is InChI=1S/C17H21N7OS/c1-10-6-7-14(11(2)8-10)24-17(19-21-22-24)26-9-15(25)18-16-12(3)20-23(5)13(16)4/h6-8H,9H2,1-5H3,(H,18,25). The van der Waals surface area contributed by atoms with Crippen LogP contribution >= 0.6 is 11.8 Å².